The fourth-order valence-electron chi connectivity index (χ4n) is 5.64. The molecule has 1 fully saturated rings. The van der Waals surface area contributed by atoms with Crippen LogP contribution in [0.1, 0.15) is 56.4 Å². The van der Waals surface area contributed by atoms with E-state index in [9.17, 15) is 4.79 Å². The number of carbonyl (C=O) groups excluding carboxylic acids is 1. The molecule has 9 nitrogen and oxygen atoms in total. The summed E-state index contributed by atoms with van der Waals surface area (Å²) in [4.78, 5) is 26.2. The molecule has 4 aromatic rings. The van der Waals surface area contributed by atoms with Crippen molar-refractivity contribution in [2.45, 2.75) is 58.3 Å². The van der Waals surface area contributed by atoms with Gasteiger partial charge < -0.3 is 28.7 Å². The van der Waals surface area contributed by atoms with Crippen molar-refractivity contribution in [1.82, 2.24) is 14.9 Å². The third-order valence-electron chi connectivity index (χ3n) is 7.85. The Morgan fingerprint density at radius 1 is 0.844 bits per heavy atom. The molecule has 9 heteroatoms. The monoisotopic (exact) mass is 608 g/mol. The van der Waals surface area contributed by atoms with Crippen molar-refractivity contribution >= 4 is 17.5 Å². The predicted molar refractivity (Wildman–Crippen MR) is 172 cm³/mol. The zero-order valence-corrected chi connectivity index (χ0v) is 26.1. The number of rotatable bonds is 8. The molecular weight excluding hydrogens is 568 g/mol. The van der Waals surface area contributed by atoms with Crippen LogP contribution in [0.15, 0.2) is 85.1 Å². The summed E-state index contributed by atoms with van der Waals surface area (Å²) in [5.41, 5.74) is 4.27. The number of benzene rings is 2. The number of amides is 1. The molecule has 0 bridgehead atoms. The van der Waals surface area contributed by atoms with Crippen molar-refractivity contribution in [2.24, 2.45) is 0 Å². The maximum Gasteiger partial charge on any atom is 0.410 e. The van der Waals surface area contributed by atoms with Crippen LogP contribution in [0.4, 0.5) is 16.2 Å². The number of piperidine rings is 1. The molecule has 0 N–H and O–H groups in total. The number of carbonyl (C=O) groups is 1. The Labute approximate surface area is 264 Å². The number of likely N-dealkylation sites (tertiary alicyclic amines) is 1. The van der Waals surface area contributed by atoms with Gasteiger partial charge in [0.15, 0.2) is 5.75 Å². The van der Waals surface area contributed by atoms with Crippen LogP contribution in [0.3, 0.4) is 0 Å². The normalized spacial score (nSPS) is 15.2. The highest BCUT2D eigenvalue weighted by atomic mass is 16.6. The highest BCUT2D eigenvalue weighted by Gasteiger charge is 2.33. The minimum absolute atomic E-state index is 0.166. The predicted octanol–water partition coefficient (Wildman–Crippen LogP) is 7.28. The van der Waals surface area contributed by atoms with Crippen LogP contribution >= 0.6 is 0 Å². The van der Waals surface area contributed by atoms with E-state index in [-0.39, 0.29) is 12.0 Å². The average Bonchev–Trinajstić information content (AvgIpc) is 3.06. The van der Waals surface area contributed by atoms with Gasteiger partial charge in [-0.25, -0.2) is 4.79 Å². The second-order valence-electron chi connectivity index (χ2n) is 12.3. The molecule has 2 aromatic carbocycles. The number of hydrogen-bond donors (Lipinski definition) is 0. The summed E-state index contributed by atoms with van der Waals surface area (Å²) < 4.78 is 24.3. The van der Waals surface area contributed by atoms with E-state index in [2.05, 4.69) is 4.90 Å². The van der Waals surface area contributed by atoms with Gasteiger partial charge >= 0.3 is 6.09 Å². The molecule has 0 saturated carbocycles. The van der Waals surface area contributed by atoms with E-state index < -0.39 is 5.60 Å². The van der Waals surface area contributed by atoms with Crippen LogP contribution in [0.2, 0.25) is 0 Å². The average molecular weight is 609 g/mol. The fourth-order valence-corrected chi connectivity index (χ4v) is 5.64. The molecule has 0 atom stereocenters. The van der Waals surface area contributed by atoms with Crippen molar-refractivity contribution in [1.29, 1.82) is 0 Å². The lowest BCUT2D eigenvalue weighted by molar-refractivity contribution is 0.0203. The summed E-state index contributed by atoms with van der Waals surface area (Å²) in [6.45, 7) is 8.79. The fraction of sp³-hybridized carbons (Fsp3) is 0.361. The van der Waals surface area contributed by atoms with Gasteiger partial charge in [-0.2, -0.15) is 4.98 Å². The Bertz CT molecular complexity index is 1580. The Hall–Kier alpha value is -4.79. The molecule has 4 heterocycles. The van der Waals surface area contributed by atoms with Gasteiger partial charge in [0.2, 0.25) is 11.8 Å². The van der Waals surface area contributed by atoms with Crippen LogP contribution in [0.25, 0.3) is 0 Å². The maximum atomic E-state index is 12.6. The summed E-state index contributed by atoms with van der Waals surface area (Å²) >= 11 is 0. The molecule has 1 saturated heterocycles. The summed E-state index contributed by atoms with van der Waals surface area (Å²) in [7, 11) is 0. The summed E-state index contributed by atoms with van der Waals surface area (Å²) in [6.07, 6.45) is 3.14. The molecular formula is C36H40N4O5. The largest absolute Gasteiger partial charge is 0.488 e. The van der Waals surface area contributed by atoms with E-state index in [0.717, 1.165) is 46.8 Å². The van der Waals surface area contributed by atoms with E-state index in [4.69, 9.17) is 28.9 Å². The van der Waals surface area contributed by atoms with Gasteiger partial charge in [-0.3, -0.25) is 4.98 Å². The highest BCUT2D eigenvalue weighted by Crippen LogP contribution is 2.45. The van der Waals surface area contributed by atoms with Crippen molar-refractivity contribution in [3.8, 4) is 17.5 Å². The Morgan fingerprint density at radius 2 is 1.51 bits per heavy atom. The first-order valence-corrected chi connectivity index (χ1v) is 15.6. The van der Waals surface area contributed by atoms with Gasteiger partial charge in [-0.05, 0) is 56.9 Å². The third kappa shape index (κ3) is 7.48. The SMILES string of the molecule is CC(C)(C)OC(=O)N1CCC(c2nccc3c2OCCN3c2ccc(OCc3ccccc3)nc2OCc2ccccc2)CC1. The third-order valence-corrected chi connectivity index (χ3v) is 7.85. The van der Waals surface area contributed by atoms with E-state index in [1.165, 1.54) is 0 Å². The van der Waals surface area contributed by atoms with E-state index in [1.807, 2.05) is 106 Å². The molecule has 0 spiro atoms. The lowest BCUT2D eigenvalue weighted by Crippen LogP contribution is -2.41. The first-order chi connectivity index (χ1) is 21.8. The van der Waals surface area contributed by atoms with Crippen molar-refractivity contribution < 1.29 is 23.7 Å². The molecule has 45 heavy (non-hydrogen) atoms. The minimum atomic E-state index is -0.518. The van der Waals surface area contributed by atoms with Crippen molar-refractivity contribution in [3.63, 3.8) is 0 Å². The Balaban J connectivity index is 1.24. The van der Waals surface area contributed by atoms with Gasteiger partial charge in [0.05, 0.1) is 17.9 Å². The van der Waals surface area contributed by atoms with E-state index >= 15 is 0 Å². The zero-order chi connectivity index (χ0) is 31.2. The van der Waals surface area contributed by atoms with Crippen LogP contribution in [-0.2, 0) is 18.0 Å². The van der Waals surface area contributed by atoms with Gasteiger partial charge in [-0.15, -0.1) is 0 Å². The van der Waals surface area contributed by atoms with Gasteiger partial charge in [-0.1, -0.05) is 60.7 Å². The van der Waals surface area contributed by atoms with Crippen LogP contribution in [0.5, 0.6) is 17.5 Å². The first-order valence-electron chi connectivity index (χ1n) is 15.6. The quantitative estimate of drug-likeness (QED) is 0.206. The van der Waals surface area contributed by atoms with E-state index in [1.54, 1.807) is 4.90 Å². The minimum Gasteiger partial charge on any atom is -0.488 e. The van der Waals surface area contributed by atoms with Gasteiger partial charge in [0.1, 0.15) is 31.1 Å². The summed E-state index contributed by atoms with van der Waals surface area (Å²) in [6, 6.07) is 25.9. The second-order valence-corrected chi connectivity index (χ2v) is 12.3. The molecule has 234 valence electrons. The smallest absolute Gasteiger partial charge is 0.410 e. The van der Waals surface area contributed by atoms with Gasteiger partial charge in [0, 0.05) is 31.3 Å². The molecule has 2 aromatic heterocycles. The molecule has 1 amide bonds. The number of ether oxygens (including phenoxy) is 4. The molecule has 0 aliphatic carbocycles. The number of anilines is 2. The Kier molecular flexibility index (Phi) is 9.05. The number of fused-ring (bicyclic) bond motifs is 1. The lowest BCUT2D eigenvalue weighted by Gasteiger charge is -2.36. The molecule has 0 unspecified atom stereocenters. The number of nitrogens with zero attached hydrogens (tertiary/aromatic N) is 4. The van der Waals surface area contributed by atoms with E-state index in [0.29, 0.717) is 51.2 Å². The molecule has 6 rings (SSSR count). The summed E-state index contributed by atoms with van der Waals surface area (Å²) in [5.74, 6) is 1.92. The van der Waals surface area contributed by atoms with Crippen LogP contribution < -0.4 is 19.1 Å². The van der Waals surface area contributed by atoms with Crippen LogP contribution in [0, 0.1) is 0 Å². The summed E-state index contributed by atoms with van der Waals surface area (Å²) in [5, 5.41) is 0. The zero-order valence-electron chi connectivity index (χ0n) is 26.1. The standard InChI is InChI=1S/C36H40N4O5/c1-36(2,3)45-35(41)39-20-17-28(18-21-39)32-33-29(16-19-37-32)40(22-23-42-33)30-14-15-31(43-24-26-10-6-4-7-11-26)38-34(30)44-25-27-12-8-5-9-13-27/h4-16,19,28H,17-18,20-25H2,1-3H3. The molecule has 2 aliphatic rings. The Morgan fingerprint density at radius 3 is 2.18 bits per heavy atom. The topological polar surface area (TPSA) is 86.2 Å². The first kappa shape index (κ1) is 30.2. The van der Waals surface area contributed by atoms with Crippen molar-refractivity contribution in [3.05, 3.63) is 102 Å². The van der Waals surface area contributed by atoms with Crippen LogP contribution in [-0.4, -0.2) is 52.8 Å². The number of hydrogen-bond acceptors (Lipinski definition) is 8. The maximum absolute atomic E-state index is 12.6. The number of pyridine rings is 2. The molecule has 0 radical (unpaired) electrons. The highest BCUT2D eigenvalue weighted by molar-refractivity contribution is 5.74. The van der Waals surface area contributed by atoms with Gasteiger partial charge in [0.25, 0.3) is 0 Å². The molecule has 2 aliphatic heterocycles. The number of aromatic nitrogens is 2. The van der Waals surface area contributed by atoms with Crippen molar-refractivity contribution in [2.75, 3.05) is 31.1 Å². The lowest BCUT2D eigenvalue weighted by atomic mass is 9.92. The second kappa shape index (κ2) is 13.5.